The molecule has 0 saturated heterocycles. The maximum absolute atomic E-state index is 3.65. The molecule has 0 aromatic rings. The van der Waals surface area contributed by atoms with Crippen LogP contribution in [0.4, 0.5) is 0 Å². The monoisotopic (exact) mass is 217 g/mol. The van der Waals surface area contributed by atoms with Crippen LogP contribution in [0, 0.1) is 6.92 Å². The van der Waals surface area contributed by atoms with Gasteiger partial charge >= 0.3 is 0 Å². The lowest BCUT2D eigenvalue weighted by atomic mass is 10.2. The average molecular weight is 217 g/mol. The molecule has 0 aliphatic rings. The molecule has 0 heteroatoms. The lowest BCUT2D eigenvalue weighted by Gasteiger charge is -1.86. The Labute approximate surface area is 101 Å². The molecule has 0 amide bonds. The maximum atomic E-state index is 3.65. The molecule has 0 bridgehead atoms. The minimum Gasteiger partial charge on any atom is -0.0882 e. The Morgan fingerprint density at radius 2 is 1.19 bits per heavy atom. The average Bonchev–Trinajstić information content (AvgIpc) is 2.31. The van der Waals surface area contributed by atoms with Gasteiger partial charge in [0.1, 0.15) is 0 Å². The molecule has 0 atom stereocenters. The lowest BCUT2D eigenvalue weighted by Crippen LogP contribution is -1.65. The number of unbranched alkanes of at least 4 members (excludes halogenated alkanes) is 2. The number of rotatable bonds is 9. The second-order valence-electron chi connectivity index (χ2n) is 3.72. The molecule has 0 aliphatic heterocycles. The van der Waals surface area contributed by atoms with Crippen molar-refractivity contribution in [2.45, 2.75) is 45.4 Å². The fraction of sp³-hybridized carbons (Fsp3) is 0.438. The van der Waals surface area contributed by atoms with Crippen LogP contribution in [0.15, 0.2) is 48.6 Å². The maximum Gasteiger partial charge on any atom is -0.0169 e. The number of hydrogen-bond acceptors (Lipinski definition) is 0. The van der Waals surface area contributed by atoms with Crippen LogP contribution in [0.2, 0.25) is 0 Å². The molecule has 0 N–H and O–H groups in total. The van der Waals surface area contributed by atoms with Gasteiger partial charge in [-0.05, 0) is 39.0 Å². The fourth-order valence-corrected chi connectivity index (χ4v) is 1.25. The molecule has 16 heavy (non-hydrogen) atoms. The SMILES string of the molecule is [CH2]C=CCCC=CCC=CCC=CCCC. The van der Waals surface area contributed by atoms with Crippen LogP contribution >= 0.6 is 0 Å². The van der Waals surface area contributed by atoms with Crippen LogP contribution in [0.3, 0.4) is 0 Å². The zero-order valence-electron chi connectivity index (χ0n) is 10.6. The first-order valence-corrected chi connectivity index (χ1v) is 6.31. The van der Waals surface area contributed by atoms with Gasteiger partial charge in [-0.25, -0.2) is 0 Å². The summed E-state index contributed by atoms with van der Waals surface area (Å²) in [4.78, 5) is 0. The van der Waals surface area contributed by atoms with E-state index in [4.69, 9.17) is 0 Å². The zero-order valence-corrected chi connectivity index (χ0v) is 10.6. The molecule has 0 nitrogen and oxygen atoms in total. The Bertz CT molecular complexity index is 228. The summed E-state index contributed by atoms with van der Waals surface area (Å²) in [6.45, 7) is 5.86. The fourth-order valence-electron chi connectivity index (χ4n) is 1.25. The Morgan fingerprint density at radius 3 is 1.75 bits per heavy atom. The smallest absolute Gasteiger partial charge is 0.0169 e. The third kappa shape index (κ3) is 13.0. The van der Waals surface area contributed by atoms with Gasteiger partial charge in [-0.2, -0.15) is 0 Å². The Hall–Kier alpha value is -1.04. The van der Waals surface area contributed by atoms with E-state index in [0.717, 1.165) is 25.7 Å². The highest BCUT2D eigenvalue weighted by Crippen LogP contribution is 1.97. The summed E-state index contributed by atoms with van der Waals surface area (Å²) in [5, 5.41) is 0. The highest BCUT2D eigenvalue weighted by atomic mass is 13.8. The van der Waals surface area contributed by atoms with E-state index in [0.29, 0.717) is 0 Å². The van der Waals surface area contributed by atoms with Crippen LogP contribution in [0.25, 0.3) is 0 Å². The highest BCUT2D eigenvalue weighted by Gasteiger charge is 1.76. The van der Waals surface area contributed by atoms with Crippen molar-refractivity contribution in [3.63, 3.8) is 0 Å². The summed E-state index contributed by atoms with van der Waals surface area (Å²) in [7, 11) is 0. The first-order valence-electron chi connectivity index (χ1n) is 6.31. The Morgan fingerprint density at radius 1 is 0.688 bits per heavy atom. The van der Waals surface area contributed by atoms with Gasteiger partial charge in [0.15, 0.2) is 0 Å². The van der Waals surface area contributed by atoms with Crippen LogP contribution in [-0.4, -0.2) is 0 Å². The van der Waals surface area contributed by atoms with E-state index >= 15 is 0 Å². The highest BCUT2D eigenvalue weighted by molar-refractivity contribution is 4.97. The molecular formula is C16H25. The van der Waals surface area contributed by atoms with Crippen molar-refractivity contribution >= 4 is 0 Å². The molecule has 0 heterocycles. The van der Waals surface area contributed by atoms with Crippen molar-refractivity contribution in [1.82, 2.24) is 0 Å². The van der Waals surface area contributed by atoms with Gasteiger partial charge in [0.25, 0.3) is 0 Å². The zero-order chi connectivity index (χ0) is 11.9. The topological polar surface area (TPSA) is 0 Å². The van der Waals surface area contributed by atoms with Crippen molar-refractivity contribution in [3.05, 3.63) is 55.5 Å². The summed E-state index contributed by atoms with van der Waals surface area (Å²) >= 11 is 0. The number of hydrogen-bond donors (Lipinski definition) is 0. The lowest BCUT2D eigenvalue weighted by molar-refractivity contribution is 0.954. The minimum atomic E-state index is 1.05. The van der Waals surface area contributed by atoms with Gasteiger partial charge in [0.05, 0.1) is 0 Å². The van der Waals surface area contributed by atoms with Crippen LogP contribution in [0.1, 0.15) is 45.4 Å². The third-order valence-electron chi connectivity index (χ3n) is 2.17. The van der Waals surface area contributed by atoms with E-state index in [1.54, 1.807) is 0 Å². The molecule has 0 rings (SSSR count). The van der Waals surface area contributed by atoms with E-state index in [2.05, 4.69) is 56.4 Å². The van der Waals surface area contributed by atoms with E-state index in [9.17, 15) is 0 Å². The molecule has 0 fully saturated rings. The first kappa shape index (κ1) is 15.0. The van der Waals surface area contributed by atoms with Gasteiger partial charge in [-0.3, -0.25) is 0 Å². The Balaban J connectivity index is 3.32. The molecule has 0 aromatic carbocycles. The van der Waals surface area contributed by atoms with Gasteiger partial charge in [0, 0.05) is 0 Å². The summed E-state index contributed by atoms with van der Waals surface area (Å²) in [5.41, 5.74) is 0. The standard InChI is InChI=1S/C16H25/c1-3-5-7-9-11-13-15-16-14-12-10-8-6-4-2/h3,5,8,10-11,13-14,16H,1,4,6-7,9,12,15H2,2H3. The van der Waals surface area contributed by atoms with Crippen molar-refractivity contribution in [2.24, 2.45) is 0 Å². The summed E-state index contributed by atoms with van der Waals surface area (Å²) in [5.74, 6) is 0. The molecule has 0 spiro atoms. The van der Waals surface area contributed by atoms with Gasteiger partial charge in [-0.15, -0.1) is 0 Å². The molecule has 89 valence electrons. The molecule has 1 radical (unpaired) electrons. The summed E-state index contributed by atoms with van der Waals surface area (Å²) in [6, 6.07) is 0. The third-order valence-corrected chi connectivity index (χ3v) is 2.17. The van der Waals surface area contributed by atoms with E-state index in [1.165, 1.54) is 12.8 Å². The Kier molecular flexibility index (Phi) is 13.1. The van der Waals surface area contributed by atoms with Gasteiger partial charge < -0.3 is 0 Å². The molecular weight excluding hydrogens is 192 g/mol. The predicted octanol–water partition coefficient (Wildman–Crippen LogP) is 5.41. The predicted molar refractivity (Wildman–Crippen MR) is 75.3 cm³/mol. The van der Waals surface area contributed by atoms with Gasteiger partial charge in [0.2, 0.25) is 0 Å². The first-order chi connectivity index (χ1) is 7.91. The molecule has 0 aliphatic carbocycles. The normalized spacial score (nSPS) is 12.9. The molecule has 0 aromatic heterocycles. The largest absolute Gasteiger partial charge is 0.0882 e. The van der Waals surface area contributed by atoms with E-state index < -0.39 is 0 Å². The van der Waals surface area contributed by atoms with Crippen molar-refractivity contribution in [1.29, 1.82) is 0 Å². The van der Waals surface area contributed by atoms with Crippen LogP contribution in [-0.2, 0) is 0 Å². The summed E-state index contributed by atoms with van der Waals surface area (Å²) in [6.07, 6.45) is 24.1. The number of allylic oxidation sites excluding steroid dienone is 8. The van der Waals surface area contributed by atoms with Gasteiger partial charge in [-0.1, -0.05) is 62.0 Å². The van der Waals surface area contributed by atoms with Crippen molar-refractivity contribution < 1.29 is 0 Å². The summed E-state index contributed by atoms with van der Waals surface area (Å²) < 4.78 is 0. The van der Waals surface area contributed by atoms with Crippen LogP contribution < -0.4 is 0 Å². The van der Waals surface area contributed by atoms with E-state index in [-0.39, 0.29) is 0 Å². The quantitative estimate of drug-likeness (QED) is 0.358. The van der Waals surface area contributed by atoms with Crippen LogP contribution in [0.5, 0.6) is 0 Å². The minimum absolute atomic E-state index is 1.05. The second-order valence-corrected chi connectivity index (χ2v) is 3.72. The van der Waals surface area contributed by atoms with Crippen molar-refractivity contribution in [2.75, 3.05) is 0 Å². The molecule has 0 saturated carbocycles. The van der Waals surface area contributed by atoms with E-state index in [1.807, 2.05) is 6.08 Å². The molecule has 0 unspecified atom stereocenters. The second kappa shape index (κ2) is 14.0. The van der Waals surface area contributed by atoms with Crippen molar-refractivity contribution in [3.8, 4) is 0 Å².